The molecule has 1 heterocycles. The fraction of sp³-hybridized carbons (Fsp3) is 0.188. The Labute approximate surface area is 133 Å². The van der Waals surface area contributed by atoms with Gasteiger partial charge in [-0.15, -0.1) is 6.58 Å². The van der Waals surface area contributed by atoms with Gasteiger partial charge in [0, 0.05) is 12.2 Å². The Balaban J connectivity index is 2.27. The second-order valence-corrected chi connectivity index (χ2v) is 5.61. The number of fused-ring (bicyclic) bond motifs is 1. The van der Waals surface area contributed by atoms with E-state index < -0.39 is 0 Å². The number of carbonyl (C=O) groups is 1. The number of rotatable bonds is 6. The Bertz CT molecular complexity index is 794. The summed E-state index contributed by atoms with van der Waals surface area (Å²) in [6, 6.07) is 9.61. The summed E-state index contributed by atoms with van der Waals surface area (Å²) in [5.41, 5.74) is 7.66. The molecule has 1 aromatic carbocycles. The lowest BCUT2D eigenvalue weighted by molar-refractivity contribution is -0.112. The number of Topliss-reactive ketones (excluding diaryl/α,β-unsaturated/α-hetero) is 1. The van der Waals surface area contributed by atoms with E-state index in [1.165, 1.54) is 11.8 Å². The first-order valence-electron chi connectivity index (χ1n) is 6.67. The van der Waals surface area contributed by atoms with Gasteiger partial charge in [0.25, 0.3) is 0 Å². The Hall–Kier alpha value is -2.52. The maximum Gasteiger partial charge on any atom is 0.185 e. The quantitative estimate of drug-likeness (QED) is 0.383. The summed E-state index contributed by atoms with van der Waals surface area (Å²) in [5, 5.41) is 9.69. The van der Waals surface area contributed by atoms with Gasteiger partial charge in [-0.25, -0.2) is 4.98 Å². The van der Waals surface area contributed by atoms with Crippen LogP contribution in [0.25, 0.3) is 11.0 Å². The normalized spacial score (nSPS) is 11.8. The molecule has 0 spiro atoms. The Morgan fingerprint density at radius 2 is 2.27 bits per heavy atom. The lowest BCUT2D eigenvalue weighted by Crippen LogP contribution is -2.11. The van der Waals surface area contributed by atoms with E-state index in [9.17, 15) is 4.79 Å². The van der Waals surface area contributed by atoms with Gasteiger partial charge < -0.3 is 10.3 Å². The minimum absolute atomic E-state index is 0.0129. The van der Waals surface area contributed by atoms with Crippen LogP contribution in [0, 0.1) is 11.3 Å². The molecule has 0 aliphatic carbocycles. The number of nitrogens with two attached hydrogens (primary N) is 1. The van der Waals surface area contributed by atoms with Crippen molar-refractivity contribution in [2.24, 2.45) is 5.73 Å². The molecule has 112 valence electrons. The van der Waals surface area contributed by atoms with E-state index in [0.717, 1.165) is 16.2 Å². The standard InChI is InChI=1S/C16H16N4OS/c1-3-8-20-14-7-5-4-6-13(14)19-16(20)22-10-15(21)12(9-17)11(2)18/h3-7H,1,8,10,18H2,2H3/b12-11+. The van der Waals surface area contributed by atoms with E-state index in [2.05, 4.69) is 11.6 Å². The van der Waals surface area contributed by atoms with Crippen LogP contribution in [0.5, 0.6) is 0 Å². The first kappa shape index (κ1) is 15.9. The largest absolute Gasteiger partial charge is 0.401 e. The van der Waals surface area contributed by atoms with Gasteiger partial charge in [-0.2, -0.15) is 5.26 Å². The number of nitriles is 1. The Morgan fingerprint density at radius 3 is 2.91 bits per heavy atom. The number of ketones is 1. The number of hydrogen-bond donors (Lipinski definition) is 1. The third kappa shape index (κ3) is 3.21. The van der Waals surface area contributed by atoms with Crippen molar-refractivity contribution in [3.8, 4) is 6.07 Å². The predicted octanol–water partition coefficient (Wildman–Crippen LogP) is 2.64. The highest BCUT2D eigenvalue weighted by Crippen LogP contribution is 2.24. The molecular weight excluding hydrogens is 296 g/mol. The van der Waals surface area contributed by atoms with E-state index in [1.54, 1.807) is 13.0 Å². The highest BCUT2D eigenvalue weighted by molar-refractivity contribution is 7.99. The van der Waals surface area contributed by atoms with Crippen molar-refractivity contribution < 1.29 is 4.79 Å². The van der Waals surface area contributed by atoms with E-state index in [-0.39, 0.29) is 22.8 Å². The second kappa shape index (κ2) is 6.96. The summed E-state index contributed by atoms with van der Waals surface area (Å²) < 4.78 is 1.99. The molecule has 5 nitrogen and oxygen atoms in total. The molecule has 0 amide bonds. The molecule has 0 unspecified atom stereocenters. The van der Waals surface area contributed by atoms with Crippen LogP contribution in [0.4, 0.5) is 0 Å². The average molecular weight is 312 g/mol. The second-order valence-electron chi connectivity index (χ2n) is 4.66. The molecule has 2 rings (SSSR count). The van der Waals surface area contributed by atoms with Crippen LogP contribution >= 0.6 is 11.8 Å². The number of carbonyl (C=O) groups excluding carboxylic acids is 1. The molecule has 0 fully saturated rings. The lowest BCUT2D eigenvalue weighted by Gasteiger charge is -2.05. The number of imidazole rings is 1. The average Bonchev–Trinajstić information content (AvgIpc) is 2.84. The van der Waals surface area contributed by atoms with Gasteiger partial charge in [0.1, 0.15) is 11.6 Å². The van der Waals surface area contributed by atoms with Gasteiger partial charge >= 0.3 is 0 Å². The first-order valence-corrected chi connectivity index (χ1v) is 7.65. The Morgan fingerprint density at radius 1 is 1.55 bits per heavy atom. The number of thioether (sulfide) groups is 1. The van der Waals surface area contributed by atoms with Crippen LogP contribution < -0.4 is 5.73 Å². The molecule has 2 aromatic rings. The van der Waals surface area contributed by atoms with Crippen molar-refractivity contribution in [1.82, 2.24) is 9.55 Å². The van der Waals surface area contributed by atoms with Crippen molar-refractivity contribution in [3.05, 3.63) is 48.2 Å². The summed E-state index contributed by atoms with van der Waals surface area (Å²) in [4.78, 5) is 16.6. The van der Waals surface area contributed by atoms with Crippen LogP contribution in [0.2, 0.25) is 0 Å². The molecule has 2 N–H and O–H groups in total. The van der Waals surface area contributed by atoms with Crippen molar-refractivity contribution in [1.29, 1.82) is 5.26 Å². The van der Waals surface area contributed by atoms with Crippen molar-refractivity contribution in [2.45, 2.75) is 18.6 Å². The summed E-state index contributed by atoms with van der Waals surface area (Å²) >= 11 is 1.30. The lowest BCUT2D eigenvalue weighted by atomic mass is 10.2. The highest BCUT2D eigenvalue weighted by atomic mass is 32.2. The maximum absolute atomic E-state index is 12.0. The maximum atomic E-state index is 12.0. The third-order valence-corrected chi connectivity index (χ3v) is 4.02. The van der Waals surface area contributed by atoms with E-state index in [1.807, 2.05) is 34.9 Å². The summed E-state index contributed by atoms with van der Waals surface area (Å²) in [6.07, 6.45) is 1.78. The molecule has 0 radical (unpaired) electrons. The van der Waals surface area contributed by atoms with Gasteiger partial charge in [0.2, 0.25) is 0 Å². The predicted molar refractivity (Wildman–Crippen MR) is 88.2 cm³/mol. The van der Waals surface area contributed by atoms with Gasteiger partial charge in [0.05, 0.1) is 16.8 Å². The Kier molecular flexibility index (Phi) is 5.02. The van der Waals surface area contributed by atoms with Crippen LogP contribution in [0.15, 0.2) is 53.3 Å². The van der Waals surface area contributed by atoms with Gasteiger partial charge in [0.15, 0.2) is 10.9 Å². The molecule has 0 atom stereocenters. The molecule has 0 aliphatic rings. The highest BCUT2D eigenvalue weighted by Gasteiger charge is 2.15. The van der Waals surface area contributed by atoms with Crippen LogP contribution in [-0.4, -0.2) is 21.1 Å². The van der Waals surface area contributed by atoms with Crippen LogP contribution in [-0.2, 0) is 11.3 Å². The SMILES string of the molecule is C=CCn1c(SCC(=O)/C(C#N)=C(\C)N)nc2ccccc21. The van der Waals surface area contributed by atoms with Crippen LogP contribution in [0.1, 0.15) is 6.92 Å². The van der Waals surface area contributed by atoms with Crippen LogP contribution in [0.3, 0.4) is 0 Å². The molecule has 0 aliphatic heterocycles. The molecule has 0 saturated carbocycles. The molecule has 22 heavy (non-hydrogen) atoms. The van der Waals surface area contributed by atoms with E-state index in [0.29, 0.717) is 6.54 Å². The minimum Gasteiger partial charge on any atom is -0.401 e. The molecule has 1 aromatic heterocycles. The fourth-order valence-electron chi connectivity index (χ4n) is 2.04. The first-order chi connectivity index (χ1) is 10.6. The molecular formula is C16H16N4OS. The van der Waals surface area contributed by atoms with E-state index >= 15 is 0 Å². The van der Waals surface area contributed by atoms with Crippen molar-refractivity contribution >= 4 is 28.6 Å². The number of benzene rings is 1. The van der Waals surface area contributed by atoms with Crippen molar-refractivity contribution in [3.63, 3.8) is 0 Å². The topological polar surface area (TPSA) is 84.7 Å². The zero-order valence-electron chi connectivity index (χ0n) is 12.2. The number of para-hydroxylation sites is 2. The van der Waals surface area contributed by atoms with Gasteiger partial charge in [-0.1, -0.05) is 30.0 Å². The van der Waals surface area contributed by atoms with Gasteiger partial charge in [-0.3, -0.25) is 4.79 Å². The monoisotopic (exact) mass is 312 g/mol. The summed E-state index contributed by atoms with van der Waals surface area (Å²) in [6.45, 7) is 5.91. The summed E-state index contributed by atoms with van der Waals surface area (Å²) in [5.74, 6) is -0.164. The number of allylic oxidation sites excluding steroid dienone is 3. The number of hydrogen-bond acceptors (Lipinski definition) is 5. The van der Waals surface area contributed by atoms with Gasteiger partial charge in [-0.05, 0) is 19.1 Å². The zero-order valence-corrected chi connectivity index (χ0v) is 13.1. The molecule has 6 heteroatoms. The zero-order chi connectivity index (χ0) is 16.1. The number of nitrogens with zero attached hydrogens (tertiary/aromatic N) is 3. The number of aromatic nitrogens is 2. The molecule has 0 bridgehead atoms. The molecule has 0 saturated heterocycles. The fourth-order valence-corrected chi connectivity index (χ4v) is 2.94. The minimum atomic E-state index is -0.287. The third-order valence-electron chi connectivity index (χ3n) is 3.05. The van der Waals surface area contributed by atoms with Crippen molar-refractivity contribution in [2.75, 3.05) is 5.75 Å². The smallest absolute Gasteiger partial charge is 0.185 e. The summed E-state index contributed by atoms with van der Waals surface area (Å²) in [7, 11) is 0. The van der Waals surface area contributed by atoms with E-state index in [4.69, 9.17) is 11.0 Å².